The highest BCUT2D eigenvalue weighted by molar-refractivity contribution is 7.15. The Hall–Kier alpha value is -2.39. The summed E-state index contributed by atoms with van der Waals surface area (Å²) < 4.78 is 39.8. The van der Waals surface area contributed by atoms with E-state index >= 15 is 0 Å². The van der Waals surface area contributed by atoms with Gasteiger partial charge in [-0.3, -0.25) is 9.20 Å². The van der Waals surface area contributed by atoms with Crippen molar-refractivity contribution in [1.82, 2.24) is 19.6 Å². The lowest BCUT2D eigenvalue weighted by atomic mass is 10.1. The molecule has 28 heavy (non-hydrogen) atoms. The number of carbonyl (C=O) groups excluding carboxylic acids is 1. The zero-order chi connectivity index (χ0) is 20.3. The molecule has 2 heterocycles. The Labute approximate surface area is 164 Å². The molecule has 2 aromatic heterocycles. The van der Waals surface area contributed by atoms with Gasteiger partial charge in [0.1, 0.15) is 5.69 Å². The quantitative estimate of drug-likeness (QED) is 0.637. The number of halogens is 3. The molecule has 0 saturated carbocycles. The number of thiazole rings is 1. The Morgan fingerprint density at radius 2 is 1.89 bits per heavy atom. The van der Waals surface area contributed by atoms with Crippen LogP contribution in [0.1, 0.15) is 29.9 Å². The first-order chi connectivity index (χ1) is 13.3. The van der Waals surface area contributed by atoms with Crippen LogP contribution in [0.4, 0.5) is 13.2 Å². The molecule has 1 aromatic carbocycles. The fourth-order valence-corrected chi connectivity index (χ4v) is 3.73. The highest BCUT2D eigenvalue weighted by Crippen LogP contribution is 2.31. The number of hydrogen-bond donors (Lipinski definition) is 1. The Morgan fingerprint density at radius 1 is 1.21 bits per heavy atom. The maximum atomic E-state index is 12.7. The second kappa shape index (κ2) is 8.32. The summed E-state index contributed by atoms with van der Waals surface area (Å²) in [6, 6.07) is 4.84. The number of imidazole rings is 1. The maximum Gasteiger partial charge on any atom is 0.416 e. The van der Waals surface area contributed by atoms with Crippen LogP contribution >= 0.6 is 11.3 Å². The minimum Gasteiger partial charge on any atom is -0.349 e. The number of carbonyl (C=O) groups is 1. The average molecular weight is 410 g/mol. The molecule has 5 nitrogen and oxygen atoms in total. The van der Waals surface area contributed by atoms with E-state index in [1.165, 1.54) is 23.5 Å². The molecule has 0 atom stereocenters. The van der Waals surface area contributed by atoms with Gasteiger partial charge >= 0.3 is 6.18 Å². The van der Waals surface area contributed by atoms with Crippen molar-refractivity contribution in [3.63, 3.8) is 0 Å². The Morgan fingerprint density at radius 3 is 2.50 bits per heavy atom. The standard InChI is InChI=1S/C19H21F3N4OS/c1-3-25(4-2)10-9-23-17(27)16-12-28-18-24-15(11-26(16)18)13-5-7-14(8-6-13)19(20,21)22/h5-8,11-12H,3-4,9-10H2,1-2H3,(H,23,27). The largest absolute Gasteiger partial charge is 0.416 e. The monoisotopic (exact) mass is 410 g/mol. The first kappa shape index (κ1) is 20.3. The summed E-state index contributed by atoms with van der Waals surface area (Å²) in [7, 11) is 0. The lowest BCUT2D eigenvalue weighted by Gasteiger charge is -2.17. The van der Waals surface area contributed by atoms with Crippen molar-refractivity contribution in [2.75, 3.05) is 26.2 Å². The van der Waals surface area contributed by atoms with E-state index in [-0.39, 0.29) is 5.91 Å². The van der Waals surface area contributed by atoms with Crippen LogP contribution in [0.15, 0.2) is 35.8 Å². The summed E-state index contributed by atoms with van der Waals surface area (Å²) in [6.45, 7) is 7.30. The van der Waals surface area contributed by atoms with Crippen LogP contribution in [0.3, 0.4) is 0 Å². The number of nitrogens with zero attached hydrogens (tertiary/aromatic N) is 3. The molecule has 0 unspecified atom stereocenters. The van der Waals surface area contributed by atoms with Crippen LogP contribution in [0, 0.1) is 0 Å². The van der Waals surface area contributed by atoms with Gasteiger partial charge in [0.15, 0.2) is 4.96 Å². The lowest BCUT2D eigenvalue weighted by molar-refractivity contribution is -0.137. The number of likely N-dealkylation sites (N-methyl/N-ethyl adjacent to an activating group) is 1. The predicted molar refractivity (Wildman–Crippen MR) is 104 cm³/mol. The molecule has 0 spiro atoms. The van der Waals surface area contributed by atoms with Gasteiger partial charge in [0.25, 0.3) is 5.91 Å². The minimum atomic E-state index is -4.37. The molecule has 9 heteroatoms. The van der Waals surface area contributed by atoms with Crippen molar-refractivity contribution in [2.24, 2.45) is 0 Å². The normalized spacial score (nSPS) is 12.1. The molecule has 0 bridgehead atoms. The van der Waals surface area contributed by atoms with Crippen LogP contribution in [0.5, 0.6) is 0 Å². The van der Waals surface area contributed by atoms with E-state index in [9.17, 15) is 18.0 Å². The molecule has 3 rings (SSSR count). The molecule has 0 fully saturated rings. The van der Waals surface area contributed by atoms with Gasteiger partial charge in [0.05, 0.1) is 11.3 Å². The molecule has 1 amide bonds. The Balaban J connectivity index is 1.75. The van der Waals surface area contributed by atoms with E-state index < -0.39 is 11.7 Å². The number of benzene rings is 1. The minimum absolute atomic E-state index is 0.199. The highest BCUT2D eigenvalue weighted by Gasteiger charge is 2.30. The van der Waals surface area contributed by atoms with Gasteiger partial charge in [-0.05, 0) is 25.2 Å². The van der Waals surface area contributed by atoms with Crippen molar-refractivity contribution in [1.29, 1.82) is 0 Å². The SMILES string of the molecule is CCN(CC)CCNC(=O)c1csc2nc(-c3ccc(C(F)(F)F)cc3)cn12. The van der Waals surface area contributed by atoms with Crippen molar-refractivity contribution >= 4 is 22.2 Å². The molecule has 0 aliphatic heterocycles. The van der Waals surface area contributed by atoms with Gasteiger partial charge in [-0.25, -0.2) is 4.98 Å². The van der Waals surface area contributed by atoms with Gasteiger partial charge in [0, 0.05) is 30.2 Å². The van der Waals surface area contributed by atoms with Crippen LogP contribution in [0.2, 0.25) is 0 Å². The second-order valence-electron chi connectivity index (χ2n) is 6.26. The van der Waals surface area contributed by atoms with Gasteiger partial charge in [0.2, 0.25) is 0 Å². The van der Waals surface area contributed by atoms with Crippen molar-refractivity contribution in [3.05, 3.63) is 47.1 Å². The first-order valence-electron chi connectivity index (χ1n) is 8.98. The van der Waals surface area contributed by atoms with Gasteiger partial charge in [-0.2, -0.15) is 13.2 Å². The highest BCUT2D eigenvalue weighted by atomic mass is 32.1. The molecular formula is C19H21F3N4OS. The molecule has 3 aromatic rings. The van der Waals surface area contributed by atoms with E-state index in [1.807, 2.05) is 0 Å². The van der Waals surface area contributed by atoms with Crippen LogP contribution in [-0.4, -0.2) is 46.4 Å². The zero-order valence-corrected chi connectivity index (χ0v) is 16.4. The lowest BCUT2D eigenvalue weighted by Crippen LogP contribution is -2.35. The fraction of sp³-hybridized carbons (Fsp3) is 0.368. The zero-order valence-electron chi connectivity index (χ0n) is 15.6. The number of amides is 1. The number of rotatable bonds is 7. The maximum absolute atomic E-state index is 12.7. The third-order valence-electron chi connectivity index (χ3n) is 4.56. The smallest absolute Gasteiger partial charge is 0.349 e. The van der Waals surface area contributed by atoms with Crippen LogP contribution in [-0.2, 0) is 6.18 Å². The third kappa shape index (κ3) is 4.36. The molecule has 1 N–H and O–H groups in total. The summed E-state index contributed by atoms with van der Waals surface area (Å²) >= 11 is 1.31. The molecule has 0 radical (unpaired) electrons. The topological polar surface area (TPSA) is 49.6 Å². The molecular weight excluding hydrogens is 389 g/mol. The average Bonchev–Trinajstić information content (AvgIpc) is 3.25. The van der Waals surface area contributed by atoms with E-state index in [1.54, 1.807) is 16.0 Å². The molecule has 150 valence electrons. The Kier molecular flexibility index (Phi) is 6.04. The molecule has 0 aliphatic rings. The number of nitrogens with one attached hydrogen (secondary N) is 1. The second-order valence-corrected chi connectivity index (χ2v) is 7.09. The van der Waals surface area contributed by atoms with E-state index in [0.717, 1.165) is 31.8 Å². The molecule has 0 aliphatic carbocycles. The number of aromatic nitrogens is 2. The summed E-state index contributed by atoms with van der Waals surface area (Å²) in [6.07, 6.45) is -2.70. The van der Waals surface area contributed by atoms with Gasteiger partial charge < -0.3 is 10.2 Å². The van der Waals surface area contributed by atoms with E-state index in [4.69, 9.17) is 0 Å². The van der Waals surface area contributed by atoms with E-state index in [2.05, 4.69) is 29.0 Å². The number of alkyl halides is 3. The van der Waals surface area contributed by atoms with Crippen molar-refractivity contribution in [2.45, 2.75) is 20.0 Å². The fourth-order valence-electron chi connectivity index (χ4n) is 2.87. The number of fused-ring (bicyclic) bond motifs is 1. The third-order valence-corrected chi connectivity index (χ3v) is 5.40. The van der Waals surface area contributed by atoms with Crippen molar-refractivity contribution in [3.8, 4) is 11.3 Å². The Bertz CT molecular complexity index is 942. The predicted octanol–water partition coefficient (Wildman–Crippen LogP) is 4.15. The van der Waals surface area contributed by atoms with Crippen LogP contribution < -0.4 is 5.32 Å². The summed E-state index contributed by atoms with van der Waals surface area (Å²) in [5.74, 6) is -0.199. The van der Waals surface area contributed by atoms with Gasteiger partial charge in [-0.1, -0.05) is 26.0 Å². The van der Waals surface area contributed by atoms with Crippen molar-refractivity contribution < 1.29 is 18.0 Å². The molecule has 0 saturated heterocycles. The summed E-state index contributed by atoms with van der Waals surface area (Å²) in [5.41, 5.74) is 0.852. The summed E-state index contributed by atoms with van der Waals surface area (Å²) in [5, 5.41) is 4.63. The van der Waals surface area contributed by atoms with Crippen LogP contribution in [0.25, 0.3) is 16.2 Å². The van der Waals surface area contributed by atoms with E-state index in [0.29, 0.717) is 28.5 Å². The summed E-state index contributed by atoms with van der Waals surface area (Å²) in [4.78, 5) is 19.7. The first-order valence-corrected chi connectivity index (χ1v) is 9.86. The van der Waals surface area contributed by atoms with Gasteiger partial charge in [-0.15, -0.1) is 11.3 Å². The number of hydrogen-bond acceptors (Lipinski definition) is 4.